The molecule has 0 saturated heterocycles. The second kappa shape index (κ2) is 6.02. The molecule has 1 heterocycles. The van der Waals surface area contributed by atoms with Gasteiger partial charge in [-0.1, -0.05) is 6.92 Å². The third-order valence-electron chi connectivity index (χ3n) is 2.98. The number of hydrogen-bond acceptors (Lipinski definition) is 3. The maximum Gasteiger partial charge on any atom is 0.123 e. The lowest BCUT2D eigenvalue weighted by atomic mass is 10.1. The van der Waals surface area contributed by atoms with Crippen molar-refractivity contribution in [3.8, 4) is 10.6 Å². The average Bonchev–Trinajstić information content (AvgIpc) is 2.79. The number of hydrogen-bond donors (Lipinski definition) is 1. The van der Waals surface area contributed by atoms with Gasteiger partial charge in [0, 0.05) is 22.5 Å². The molecule has 0 aliphatic carbocycles. The molecule has 0 fully saturated rings. The van der Waals surface area contributed by atoms with E-state index in [2.05, 4.69) is 38.0 Å². The fourth-order valence-electron chi connectivity index (χ4n) is 1.86. The normalized spacial score (nSPS) is 11.8. The maximum atomic E-state index is 13.0. The highest BCUT2D eigenvalue weighted by molar-refractivity contribution is 7.15. The van der Waals surface area contributed by atoms with Crippen molar-refractivity contribution in [1.29, 1.82) is 0 Å². The van der Waals surface area contributed by atoms with Gasteiger partial charge >= 0.3 is 0 Å². The van der Waals surface area contributed by atoms with Crippen LogP contribution in [0.1, 0.15) is 38.3 Å². The van der Waals surface area contributed by atoms with E-state index in [1.165, 1.54) is 17.0 Å². The summed E-state index contributed by atoms with van der Waals surface area (Å²) in [6.45, 7) is 9.40. The van der Waals surface area contributed by atoms with Gasteiger partial charge in [-0.05, 0) is 51.5 Å². The highest BCUT2D eigenvalue weighted by atomic mass is 32.1. The van der Waals surface area contributed by atoms with Crippen molar-refractivity contribution in [2.24, 2.45) is 0 Å². The molecule has 0 amide bonds. The number of thiazole rings is 1. The molecule has 0 spiro atoms. The van der Waals surface area contributed by atoms with Gasteiger partial charge in [0.05, 0.1) is 5.69 Å². The summed E-state index contributed by atoms with van der Waals surface area (Å²) in [6.07, 6.45) is 0.916. The first-order chi connectivity index (χ1) is 9.39. The SMILES string of the molecule is CCc1nc(-c2ccc(F)cc2)sc1CNC(C)(C)C. The molecule has 0 atom stereocenters. The van der Waals surface area contributed by atoms with Crippen molar-refractivity contribution in [2.75, 3.05) is 0 Å². The first kappa shape index (κ1) is 15.1. The van der Waals surface area contributed by atoms with Gasteiger partial charge in [-0.25, -0.2) is 9.37 Å². The average molecular weight is 292 g/mol. The fraction of sp³-hybridized carbons (Fsp3) is 0.438. The topological polar surface area (TPSA) is 24.9 Å². The van der Waals surface area contributed by atoms with Crippen LogP contribution in [0, 0.1) is 5.82 Å². The zero-order valence-corrected chi connectivity index (χ0v) is 13.3. The van der Waals surface area contributed by atoms with Crippen LogP contribution in [-0.2, 0) is 13.0 Å². The van der Waals surface area contributed by atoms with Gasteiger partial charge < -0.3 is 5.32 Å². The Balaban J connectivity index is 2.24. The number of aromatic nitrogens is 1. The predicted octanol–water partition coefficient (Wildman–Crippen LogP) is 4.40. The minimum absolute atomic E-state index is 0.0883. The third-order valence-corrected chi connectivity index (χ3v) is 4.13. The Morgan fingerprint density at radius 1 is 1.20 bits per heavy atom. The quantitative estimate of drug-likeness (QED) is 0.903. The van der Waals surface area contributed by atoms with E-state index in [9.17, 15) is 4.39 Å². The van der Waals surface area contributed by atoms with Crippen LogP contribution in [0.3, 0.4) is 0 Å². The fourth-order valence-corrected chi connectivity index (χ4v) is 2.95. The van der Waals surface area contributed by atoms with E-state index in [0.29, 0.717) is 0 Å². The van der Waals surface area contributed by atoms with Gasteiger partial charge in [0.2, 0.25) is 0 Å². The number of nitrogens with one attached hydrogen (secondary N) is 1. The molecule has 1 aromatic heterocycles. The van der Waals surface area contributed by atoms with Crippen LogP contribution >= 0.6 is 11.3 Å². The van der Waals surface area contributed by atoms with Crippen LogP contribution in [0.5, 0.6) is 0 Å². The molecule has 108 valence electrons. The van der Waals surface area contributed by atoms with Crippen molar-refractivity contribution in [2.45, 2.75) is 46.2 Å². The molecular formula is C16H21FN2S. The van der Waals surface area contributed by atoms with Gasteiger partial charge in [-0.15, -0.1) is 11.3 Å². The second-order valence-corrected chi connectivity index (χ2v) is 6.94. The first-order valence-electron chi connectivity index (χ1n) is 6.88. The van der Waals surface area contributed by atoms with Crippen LogP contribution in [0.15, 0.2) is 24.3 Å². The lowest BCUT2D eigenvalue weighted by Gasteiger charge is -2.20. The monoisotopic (exact) mass is 292 g/mol. The van der Waals surface area contributed by atoms with Crippen LogP contribution < -0.4 is 5.32 Å². The third kappa shape index (κ3) is 3.87. The van der Waals surface area contributed by atoms with E-state index in [-0.39, 0.29) is 11.4 Å². The number of aryl methyl sites for hydroxylation is 1. The summed E-state index contributed by atoms with van der Waals surface area (Å²) in [4.78, 5) is 5.95. The molecule has 4 heteroatoms. The van der Waals surface area contributed by atoms with Gasteiger partial charge in [0.15, 0.2) is 0 Å². The predicted molar refractivity (Wildman–Crippen MR) is 83.5 cm³/mol. The molecule has 2 nitrogen and oxygen atoms in total. The second-order valence-electron chi connectivity index (χ2n) is 5.85. The summed E-state index contributed by atoms with van der Waals surface area (Å²) in [5, 5.41) is 4.46. The van der Waals surface area contributed by atoms with E-state index < -0.39 is 0 Å². The summed E-state index contributed by atoms with van der Waals surface area (Å²) in [5.41, 5.74) is 2.20. The van der Waals surface area contributed by atoms with E-state index in [1.54, 1.807) is 23.5 Å². The molecule has 0 bridgehead atoms. The summed E-state index contributed by atoms with van der Waals surface area (Å²) in [5.74, 6) is -0.212. The minimum atomic E-state index is -0.212. The molecule has 2 aromatic rings. The van der Waals surface area contributed by atoms with E-state index in [1.807, 2.05) is 0 Å². The Kier molecular flexibility index (Phi) is 4.55. The van der Waals surface area contributed by atoms with Crippen molar-refractivity contribution >= 4 is 11.3 Å². The Bertz CT molecular complexity index is 567. The number of halogens is 1. The number of rotatable bonds is 4. The van der Waals surface area contributed by atoms with Crippen molar-refractivity contribution in [1.82, 2.24) is 10.3 Å². The van der Waals surface area contributed by atoms with E-state index in [4.69, 9.17) is 0 Å². The van der Waals surface area contributed by atoms with E-state index in [0.717, 1.165) is 29.2 Å². The van der Waals surface area contributed by atoms with Crippen molar-refractivity contribution in [3.05, 3.63) is 40.7 Å². The molecule has 1 aromatic carbocycles. The van der Waals surface area contributed by atoms with E-state index >= 15 is 0 Å². The Hall–Kier alpha value is -1.26. The van der Waals surface area contributed by atoms with Crippen LogP contribution in [-0.4, -0.2) is 10.5 Å². The minimum Gasteiger partial charge on any atom is -0.307 e. The lowest BCUT2D eigenvalue weighted by Crippen LogP contribution is -2.35. The van der Waals surface area contributed by atoms with Gasteiger partial charge in [-0.2, -0.15) is 0 Å². The Morgan fingerprint density at radius 3 is 2.40 bits per heavy atom. The number of benzene rings is 1. The summed E-state index contributed by atoms with van der Waals surface area (Å²) < 4.78 is 13.0. The largest absolute Gasteiger partial charge is 0.307 e. The van der Waals surface area contributed by atoms with Crippen LogP contribution in [0.25, 0.3) is 10.6 Å². The Morgan fingerprint density at radius 2 is 1.85 bits per heavy atom. The van der Waals surface area contributed by atoms with Crippen molar-refractivity contribution in [3.63, 3.8) is 0 Å². The molecule has 0 aliphatic heterocycles. The molecular weight excluding hydrogens is 271 g/mol. The standard InChI is InChI=1S/C16H21FN2S/c1-5-13-14(10-18-16(2,3)4)20-15(19-13)11-6-8-12(17)9-7-11/h6-9,18H,5,10H2,1-4H3. The lowest BCUT2D eigenvalue weighted by molar-refractivity contribution is 0.425. The molecule has 2 rings (SSSR count). The smallest absolute Gasteiger partial charge is 0.123 e. The van der Waals surface area contributed by atoms with Crippen molar-refractivity contribution < 1.29 is 4.39 Å². The van der Waals surface area contributed by atoms with Gasteiger partial charge in [0.1, 0.15) is 10.8 Å². The first-order valence-corrected chi connectivity index (χ1v) is 7.70. The molecule has 0 saturated carbocycles. The zero-order chi connectivity index (χ0) is 14.8. The number of nitrogens with zero attached hydrogens (tertiary/aromatic N) is 1. The molecule has 0 radical (unpaired) electrons. The maximum absolute atomic E-state index is 13.0. The van der Waals surface area contributed by atoms with Crippen LogP contribution in [0.2, 0.25) is 0 Å². The zero-order valence-electron chi connectivity index (χ0n) is 12.5. The molecule has 20 heavy (non-hydrogen) atoms. The summed E-state index contributed by atoms with van der Waals surface area (Å²) in [7, 11) is 0. The van der Waals surface area contributed by atoms with Crippen LogP contribution in [0.4, 0.5) is 4.39 Å². The highest BCUT2D eigenvalue weighted by Gasteiger charge is 2.14. The van der Waals surface area contributed by atoms with Gasteiger partial charge in [-0.3, -0.25) is 0 Å². The molecule has 0 unspecified atom stereocenters. The van der Waals surface area contributed by atoms with Gasteiger partial charge in [0.25, 0.3) is 0 Å². The molecule has 1 N–H and O–H groups in total. The molecule has 0 aliphatic rings. The summed E-state index contributed by atoms with van der Waals surface area (Å²) >= 11 is 1.69. The highest BCUT2D eigenvalue weighted by Crippen LogP contribution is 2.29. The summed E-state index contributed by atoms with van der Waals surface area (Å²) in [6, 6.07) is 6.54. The Labute approximate surface area is 124 Å².